The third kappa shape index (κ3) is 10.0. The first-order valence-electron chi connectivity index (χ1n) is 11.3. The lowest BCUT2D eigenvalue weighted by molar-refractivity contribution is -0.132. The fourth-order valence-electron chi connectivity index (χ4n) is 3.48. The van der Waals surface area contributed by atoms with Crippen LogP contribution in [0.25, 0.3) is 0 Å². The van der Waals surface area contributed by atoms with Crippen LogP contribution < -0.4 is 10.6 Å². The summed E-state index contributed by atoms with van der Waals surface area (Å²) in [6.45, 7) is 9.29. The van der Waals surface area contributed by atoms with E-state index in [9.17, 15) is 14.4 Å². The molecule has 2 N–H and O–H groups in total. The molecular formula is C24H37N3O4S. The van der Waals surface area contributed by atoms with Crippen molar-refractivity contribution in [2.75, 3.05) is 24.7 Å². The Morgan fingerprint density at radius 2 is 1.94 bits per heavy atom. The minimum absolute atomic E-state index is 0.0314. The fraction of sp³-hybridized carbons (Fsp3) is 0.625. The maximum Gasteiger partial charge on any atom is 0.408 e. The predicted molar refractivity (Wildman–Crippen MR) is 129 cm³/mol. The summed E-state index contributed by atoms with van der Waals surface area (Å²) in [7, 11) is 0. The van der Waals surface area contributed by atoms with Crippen LogP contribution in [-0.4, -0.2) is 59.0 Å². The number of alkyl carbamates (subject to hydrolysis) is 1. The topological polar surface area (TPSA) is 87.7 Å². The maximum atomic E-state index is 12.9. The molecule has 7 nitrogen and oxygen atoms in total. The number of ketones is 1. The number of amides is 2. The first kappa shape index (κ1) is 26.2. The molecule has 0 aliphatic carbocycles. The molecule has 0 spiro atoms. The maximum absolute atomic E-state index is 12.9. The number of Topliss-reactive ketones (excluding diaryl/α,β-unsaturated/α-hetero) is 1. The molecule has 1 aliphatic heterocycles. The second-order valence-corrected chi connectivity index (χ2v) is 10.3. The minimum atomic E-state index is -0.604. The molecule has 1 aliphatic rings. The van der Waals surface area contributed by atoms with Crippen molar-refractivity contribution in [3.05, 3.63) is 35.4 Å². The summed E-state index contributed by atoms with van der Waals surface area (Å²) in [5.41, 5.74) is 1.58. The van der Waals surface area contributed by atoms with Crippen LogP contribution in [0.1, 0.15) is 58.1 Å². The summed E-state index contributed by atoms with van der Waals surface area (Å²) in [5.74, 6) is 1.74. The van der Waals surface area contributed by atoms with E-state index in [4.69, 9.17) is 4.74 Å². The number of carbonyl (C=O) groups is 3. The number of carbonyl (C=O) groups excluding carboxylic acids is 3. The van der Waals surface area contributed by atoms with Gasteiger partial charge in [-0.3, -0.25) is 9.59 Å². The lowest BCUT2D eigenvalue weighted by atomic mass is 10.1. The lowest BCUT2D eigenvalue weighted by Crippen LogP contribution is -2.49. The molecule has 2 rings (SSSR count). The zero-order valence-corrected chi connectivity index (χ0v) is 20.6. The van der Waals surface area contributed by atoms with E-state index in [0.717, 1.165) is 49.4 Å². The monoisotopic (exact) mass is 463 g/mol. The minimum Gasteiger partial charge on any atom is -0.444 e. The highest BCUT2D eigenvalue weighted by Gasteiger charge is 2.29. The Hall–Kier alpha value is -2.06. The summed E-state index contributed by atoms with van der Waals surface area (Å²) >= 11 is 1.73. The van der Waals surface area contributed by atoms with Gasteiger partial charge in [-0.05, 0) is 64.6 Å². The Morgan fingerprint density at radius 3 is 2.59 bits per heavy atom. The van der Waals surface area contributed by atoms with Crippen LogP contribution in [0.15, 0.2) is 24.3 Å². The number of nitrogens with zero attached hydrogens (tertiary/aromatic N) is 1. The van der Waals surface area contributed by atoms with Gasteiger partial charge in [-0.15, -0.1) is 11.8 Å². The average Bonchev–Trinajstić information content (AvgIpc) is 3.22. The van der Waals surface area contributed by atoms with Crippen molar-refractivity contribution in [3.63, 3.8) is 0 Å². The van der Waals surface area contributed by atoms with Crippen LogP contribution in [0.3, 0.4) is 0 Å². The molecule has 0 radical (unpaired) electrons. The summed E-state index contributed by atoms with van der Waals surface area (Å²) in [4.78, 5) is 38.2. The van der Waals surface area contributed by atoms with E-state index in [1.165, 1.54) is 0 Å². The molecule has 2 amide bonds. The van der Waals surface area contributed by atoms with E-state index >= 15 is 0 Å². The molecule has 1 aromatic rings. The third-order valence-corrected chi connectivity index (χ3v) is 5.89. The predicted octanol–water partition coefficient (Wildman–Crippen LogP) is 3.50. The highest BCUT2D eigenvalue weighted by molar-refractivity contribution is 7.99. The second kappa shape index (κ2) is 12.8. The first-order chi connectivity index (χ1) is 15.1. The van der Waals surface area contributed by atoms with E-state index in [1.54, 1.807) is 23.6 Å². The van der Waals surface area contributed by atoms with Crippen LogP contribution in [0, 0.1) is 0 Å². The molecule has 1 saturated heterocycles. The highest BCUT2D eigenvalue weighted by atomic mass is 32.2. The smallest absolute Gasteiger partial charge is 0.408 e. The molecule has 1 atom stereocenters. The van der Waals surface area contributed by atoms with E-state index in [-0.39, 0.29) is 11.7 Å². The zero-order valence-electron chi connectivity index (χ0n) is 19.7. The number of nitrogens with one attached hydrogen (secondary N) is 2. The van der Waals surface area contributed by atoms with Gasteiger partial charge >= 0.3 is 6.09 Å². The Labute approximate surface area is 196 Å². The van der Waals surface area contributed by atoms with Gasteiger partial charge in [0.15, 0.2) is 0 Å². The number of hydrogen-bond acceptors (Lipinski definition) is 6. The van der Waals surface area contributed by atoms with Crippen molar-refractivity contribution >= 4 is 29.5 Å². The Kier molecular flexibility index (Phi) is 10.5. The Bertz CT molecular complexity index is 773. The summed E-state index contributed by atoms with van der Waals surface area (Å²) in [6, 6.07) is 7.49. The molecule has 1 heterocycles. The normalized spacial score (nSPS) is 14.8. The van der Waals surface area contributed by atoms with Gasteiger partial charge in [0, 0.05) is 25.3 Å². The second-order valence-electron chi connectivity index (χ2n) is 9.21. The van der Waals surface area contributed by atoms with E-state index in [2.05, 4.69) is 16.7 Å². The van der Waals surface area contributed by atoms with Gasteiger partial charge in [0.05, 0.1) is 5.88 Å². The van der Waals surface area contributed by atoms with Crippen LogP contribution in [-0.2, 0) is 27.3 Å². The molecule has 1 fully saturated rings. The van der Waals surface area contributed by atoms with Gasteiger partial charge in [-0.2, -0.15) is 0 Å². The SMILES string of the molecule is CC(=O)Cc1cccc(CNCCCC[C@H](NC(=O)OC(C)(C)C)C(=O)N2CCSC2)c1. The van der Waals surface area contributed by atoms with Gasteiger partial charge in [0.2, 0.25) is 5.91 Å². The Morgan fingerprint density at radius 1 is 1.19 bits per heavy atom. The number of benzene rings is 1. The van der Waals surface area contributed by atoms with Crippen LogP contribution in [0.4, 0.5) is 4.79 Å². The summed E-state index contributed by atoms with van der Waals surface area (Å²) < 4.78 is 5.35. The lowest BCUT2D eigenvalue weighted by Gasteiger charge is -2.26. The number of rotatable bonds is 11. The summed E-state index contributed by atoms with van der Waals surface area (Å²) in [5, 5.41) is 6.20. The number of unbranched alkanes of at least 4 members (excludes halogenated alkanes) is 1. The van der Waals surface area contributed by atoms with E-state index in [1.807, 2.05) is 39.0 Å². The van der Waals surface area contributed by atoms with Crippen LogP contribution in [0.2, 0.25) is 0 Å². The molecule has 8 heteroatoms. The average molecular weight is 464 g/mol. The molecule has 0 bridgehead atoms. The number of hydrogen-bond donors (Lipinski definition) is 2. The van der Waals surface area contributed by atoms with Crippen LogP contribution >= 0.6 is 11.8 Å². The molecule has 178 valence electrons. The van der Waals surface area contributed by atoms with Gasteiger partial charge in [0.1, 0.15) is 17.4 Å². The summed E-state index contributed by atoms with van der Waals surface area (Å²) in [6.07, 6.45) is 2.19. The zero-order chi connectivity index (χ0) is 23.6. The number of ether oxygens (including phenoxy) is 1. The molecule has 0 saturated carbocycles. The third-order valence-electron chi connectivity index (χ3n) is 4.92. The van der Waals surface area contributed by atoms with Crippen molar-refractivity contribution in [1.82, 2.24) is 15.5 Å². The van der Waals surface area contributed by atoms with Crippen molar-refractivity contribution in [2.24, 2.45) is 0 Å². The van der Waals surface area contributed by atoms with Gasteiger partial charge < -0.3 is 20.3 Å². The van der Waals surface area contributed by atoms with Crippen molar-refractivity contribution in [2.45, 2.75) is 71.6 Å². The molecule has 0 aromatic heterocycles. The molecule has 32 heavy (non-hydrogen) atoms. The van der Waals surface area contributed by atoms with E-state index < -0.39 is 17.7 Å². The van der Waals surface area contributed by atoms with Gasteiger partial charge in [0.25, 0.3) is 0 Å². The first-order valence-corrected chi connectivity index (χ1v) is 12.4. The molecule has 1 aromatic carbocycles. The largest absolute Gasteiger partial charge is 0.444 e. The molecular weight excluding hydrogens is 426 g/mol. The van der Waals surface area contributed by atoms with E-state index in [0.29, 0.717) is 18.7 Å². The highest BCUT2D eigenvalue weighted by Crippen LogP contribution is 2.17. The van der Waals surface area contributed by atoms with Crippen molar-refractivity contribution < 1.29 is 19.1 Å². The standard InChI is InChI=1S/C24H37N3O4S/c1-18(28)14-19-8-7-9-20(15-19)16-25-11-6-5-10-21(22(29)27-12-13-32-17-27)26-23(30)31-24(2,3)4/h7-9,15,21,25H,5-6,10-14,16-17H2,1-4H3,(H,26,30)/t21-/m0/s1. The fourth-order valence-corrected chi connectivity index (χ4v) is 4.44. The van der Waals surface area contributed by atoms with Gasteiger partial charge in [-0.25, -0.2) is 4.79 Å². The number of thioether (sulfide) groups is 1. The Balaban J connectivity index is 1.77. The molecule has 0 unspecified atom stereocenters. The van der Waals surface area contributed by atoms with Crippen molar-refractivity contribution in [3.8, 4) is 0 Å². The van der Waals surface area contributed by atoms with Crippen molar-refractivity contribution in [1.29, 1.82) is 0 Å². The van der Waals surface area contributed by atoms with Gasteiger partial charge in [-0.1, -0.05) is 24.3 Å². The quantitative estimate of drug-likeness (QED) is 0.489. The van der Waals surface area contributed by atoms with Crippen LogP contribution in [0.5, 0.6) is 0 Å².